The monoisotopic (exact) mass is 276 g/mol. The molecule has 0 spiro atoms. The molecular weight excluding hydrogens is 252 g/mol. The quantitative estimate of drug-likeness (QED) is 0.527. The molecule has 0 aromatic carbocycles. The molecule has 104 valence electrons. The van der Waals surface area contributed by atoms with Gasteiger partial charge in [0, 0.05) is 10.4 Å². The summed E-state index contributed by atoms with van der Waals surface area (Å²) >= 11 is 6.60. The van der Waals surface area contributed by atoms with Gasteiger partial charge in [0.25, 0.3) is 0 Å². The van der Waals surface area contributed by atoms with E-state index in [4.69, 9.17) is 11.6 Å². The van der Waals surface area contributed by atoms with E-state index in [9.17, 15) is 0 Å². The second kappa shape index (κ2) is 5.32. The lowest BCUT2D eigenvalue weighted by atomic mass is 9.71. The first kappa shape index (κ1) is 14.7. The largest absolute Gasteiger partial charge is 0.0844 e. The number of allylic oxidation sites excluding steroid dienone is 8. The van der Waals surface area contributed by atoms with Crippen LogP contribution in [0, 0.1) is 5.41 Å². The minimum absolute atomic E-state index is 0.0347. The molecule has 0 saturated carbocycles. The Morgan fingerprint density at radius 2 is 1.58 bits per heavy atom. The van der Waals surface area contributed by atoms with Gasteiger partial charge < -0.3 is 0 Å². The van der Waals surface area contributed by atoms with Crippen LogP contribution in [0.5, 0.6) is 0 Å². The Morgan fingerprint density at radius 3 is 2.16 bits per heavy atom. The van der Waals surface area contributed by atoms with E-state index >= 15 is 0 Å². The second-order valence-corrected chi connectivity index (χ2v) is 6.51. The average Bonchev–Trinajstić information content (AvgIpc) is 2.51. The molecule has 2 aliphatic carbocycles. The third-order valence-corrected chi connectivity index (χ3v) is 5.75. The van der Waals surface area contributed by atoms with Gasteiger partial charge in [0.15, 0.2) is 0 Å². The van der Waals surface area contributed by atoms with Crippen LogP contribution < -0.4 is 0 Å². The molecular formula is C18H25Cl. The lowest BCUT2D eigenvalue weighted by Gasteiger charge is -2.34. The Hall–Kier alpha value is -0.750. The Morgan fingerprint density at radius 1 is 1.00 bits per heavy atom. The van der Waals surface area contributed by atoms with Crippen molar-refractivity contribution < 1.29 is 0 Å². The summed E-state index contributed by atoms with van der Waals surface area (Å²) in [6.45, 7) is 11.4. The van der Waals surface area contributed by atoms with Crippen molar-refractivity contribution in [1.29, 1.82) is 0 Å². The first-order valence-electron chi connectivity index (χ1n) is 7.32. The lowest BCUT2D eigenvalue weighted by Crippen LogP contribution is -2.22. The average molecular weight is 277 g/mol. The molecule has 0 fully saturated rings. The zero-order chi connectivity index (χ0) is 14.2. The molecule has 0 aromatic heterocycles. The standard InChI is InChI=1S/C18H25Cl/c1-12-13(2)15(4)18(5,14(12)3)16-10-8-6-7-9-11-17(16)19/h9,11H,6-8,10H2,1-5H3/b11-9-,17-16-. The maximum absolute atomic E-state index is 6.60. The van der Waals surface area contributed by atoms with E-state index in [2.05, 4.69) is 46.8 Å². The van der Waals surface area contributed by atoms with Crippen LogP contribution in [0.3, 0.4) is 0 Å². The fraction of sp³-hybridized carbons (Fsp3) is 0.556. The highest BCUT2D eigenvalue weighted by Gasteiger charge is 2.40. The number of hydrogen-bond donors (Lipinski definition) is 0. The van der Waals surface area contributed by atoms with Crippen molar-refractivity contribution in [2.75, 3.05) is 0 Å². The second-order valence-electron chi connectivity index (χ2n) is 6.10. The van der Waals surface area contributed by atoms with Crippen molar-refractivity contribution in [1.82, 2.24) is 0 Å². The Labute approximate surface area is 122 Å². The highest BCUT2D eigenvalue weighted by molar-refractivity contribution is 6.31. The molecule has 2 rings (SSSR count). The lowest BCUT2D eigenvalue weighted by molar-refractivity contribution is 0.536. The minimum atomic E-state index is 0.0347. The fourth-order valence-corrected chi connectivity index (χ4v) is 3.88. The normalized spacial score (nSPS) is 29.6. The van der Waals surface area contributed by atoms with Crippen molar-refractivity contribution in [2.24, 2.45) is 5.41 Å². The zero-order valence-corrected chi connectivity index (χ0v) is 13.6. The number of hydrogen-bond acceptors (Lipinski definition) is 0. The van der Waals surface area contributed by atoms with E-state index in [0.29, 0.717) is 0 Å². The molecule has 0 unspecified atom stereocenters. The number of halogens is 1. The van der Waals surface area contributed by atoms with Crippen molar-refractivity contribution in [2.45, 2.75) is 60.3 Å². The van der Waals surface area contributed by atoms with Crippen LogP contribution in [0.15, 0.2) is 45.0 Å². The summed E-state index contributed by atoms with van der Waals surface area (Å²) in [5, 5.41) is 0.961. The molecule has 0 amide bonds. The zero-order valence-electron chi connectivity index (χ0n) is 12.9. The molecule has 0 aliphatic heterocycles. The summed E-state index contributed by atoms with van der Waals surface area (Å²) in [6.07, 6.45) is 9.12. The predicted octanol–water partition coefficient (Wildman–Crippen LogP) is 6.30. The van der Waals surface area contributed by atoms with Crippen LogP contribution in [0.25, 0.3) is 0 Å². The number of rotatable bonds is 1. The van der Waals surface area contributed by atoms with Gasteiger partial charge in [-0.1, -0.05) is 28.8 Å². The van der Waals surface area contributed by atoms with Crippen molar-refractivity contribution in [3.05, 3.63) is 45.0 Å². The molecule has 0 nitrogen and oxygen atoms in total. The Kier molecular flexibility index (Phi) is 4.11. The molecule has 0 saturated heterocycles. The van der Waals surface area contributed by atoms with Crippen LogP contribution in [-0.2, 0) is 0 Å². The first-order valence-corrected chi connectivity index (χ1v) is 7.70. The van der Waals surface area contributed by atoms with Crippen molar-refractivity contribution in [3.63, 3.8) is 0 Å². The third kappa shape index (κ3) is 2.25. The molecule has 0 atom stereocenters. The van der Waals surface area contributed by atoms with E-state index in [1.165, 1.54) is 40.7 Å². The first-order chi connectivity index (χ1) is 8.90. The third-order valence-electron chi connectivity index (χ3n) is 5.39. The summed E-state index contributed by atoms with van der Waals surface area (Å²) in [7, 11) is 0. The maximum atomic E-state index is 6.60. The highest BCUT2D eigenvalue weighted by atomic mass is 35.5. The maximum Gasteiger partial charge on any atom is 0.0406 e. The van der Waals surface area contributed by atoms with Crippen LogP contribution in [0.1, 0.15) is 60.3 Å². The van der Waals surface area contributed by atoms with Gasteiger partial charge in [0.2, 0.25) is 0 Å². The van der Waals surface area contributed by atoms with E-state index in [-0.39, 0.29) is 5.41 Å². The van der Waals surface area contributed by atoms with Gasteiger partial charge in [-0.05, 0) is 83.1 Å². The molecule has 0 bridgehead atoms. The van der Waals surface area contributed by atoms with Crippen LogP contribution >= 0.6 is 11.6 Å². The van der Waals surface area contributed by atoms with Crippen molar-refractivity contribution in [3.8, 4) is 0 Å². The summed E-state index contributed by atoms with van der Waals surface area (Å²) in [5.74, 6) is 0. The highest BCUT2D eigenvalue weighted by Crippen LogP contribution is 2.53. The van der Waals surface area contributed by atoms with E-state index in [1.807, 2.05) is 0 Å². The summed E-state index contributed by atoms with van der Waals surface area (Å²) in [4.78, 5) is 0. The van der Waals surface area contributed by atoms with E-state index < -0.39 is 0 Å². The van der Waals surface area contributed by atoms with Gasteiger partial charge in [-0.2, -0.15) is 0 Å². The molecule has 19 heavy (non-hydrogen) atoms. The fourth-order valence-electron chi connectivity index (χ4n) is 3.51. The van der Waals surface area contributed by atoms with Gasteiger partial charge in [-0.3, -0.25) is 0 Å². The van der Waals surface area contributed by atoms with Gasteiger partial charge in [0.1, 0.15) is 0 Å². The predicted molar refractivity (Wildman–Crippen MR) is 85.3 cm³/mol. The summed E-state index contributed by atoms with van der Waals surface area (Å²) < 4.78 is 0. The topological polar surface area (TPSA) is 0 Å². The van der Waals surface area contributed by atoms with Crippen LogP contribution in [-0.4, -0.2) is 0 Å². The van der Waals surface area contributed by atoms with Crippen LogP contribution in [0.2, 0.25) is 0 Å². The van der Waals surface area contributed by atoms with Crippen molar-refractivity contribution >= 4 is 11.6 Å². The molecule has 0 N–H and O–H groups in total. The molecule has 0 heterocycles. The molecule has 0 aromatic rings. The smallest absolute Gasteiger partial charge is 0.0406 e. The molecule has 0 radical (unpaired) electrons. The van der Waals surface area contributed by atoms with E-state index in [1.54, 1.807) is 0 Å². The summed E-state index contributed by atoms with van der Waals surface area (Å²) in [5.41, 5.74) is 7.30. The Bertz CT molecular complexity index is 488. The van der Waals surface area contributed by atoms with Crippen LogP contribution in [0.4, 0.5) is 0 Å². The summed E-state index contributed by atoms with van der Waals surface area (Å²) in [6, 6.07) is 0. The SMILES string of the molecule is CC1=C(C)C(C)(/C2=C(Cl)/C=C\CCCC2)C(C)=C1C. The van der Waals surface area contributed by atoms with Gasteiger partial charge >= 0.3 is 0 Å². The van der Waals surface area contributed by atoms with E-state index in [0.717, 1.165) is 17.9 Å². The van der Waals surface area contributed by atoms with Gasteiger partial charge in [0.05, 0.1) is 0 Å². The minimum Gasteiger partial charge on any atom is -0.0844 e. The Balaban J connectivity index is 2.59. The van der Waals surface area contributed by atoms with Gasteiger partial charge in [-0.25, -0.2) is 0 Å². The molecule has 2 aliphatic rings. The van der Waals surface area contributed by atoms with Gasteiger partial charge in [-0.15, -0.1) is 0 Å². The molecule has 1 heteroatoms.